The summed E-state index contributed by atoms with van der Waals surface area (Å²) in [6.45, 7) is 0. The van der Waals surface area contributed by atoms with Crippen LogP contribution in [0.25, 0.3) is 0 Å². The van der Waals surface area contributed by atoms with Gasteiger partial charge in [-0.15, -0.1) is 0 Å². The van der Waals surface area contributed by atoms with Crippen molar-refractivity contribution in [3.63, 3.8) is 0 Å². The second-order valence-electron chi connectivity index (χ2n) is 3.67. The van der Waals surface area contributed by atoms with Crippen LogP contribution in [-0.4, -0.2) is 28.1 Å². The van der Waals surface area contributed by atoms with Crippen molar-refractivity contribution in [2.75, 3.05) is 5.43 Å². The molecule has 1 aromatic carbocycles. The maximum Gasteiger partial charge on any atom is 0.320 e. The number of aromatic hydroxyl groups is 1. The van der Waals surface area contributed by atoms with Gasteiger partial charge in [0.15, 0.2) is 0 Å². The molecule has 1 aromatic rings. The van der Waals surface area contributed by atoms with Gasteiger partial charge in [-0.3, -0.25) is 20.4 Å². The lowest BCUT2D eigenvalue weighted by atomic mass is 10.2. The number of nitrogens with one attached hydrogen (secondary N) is 2. The van der Waals surface area contributed by atoms with E-state index in [9.17, 15) is 14.7 Å². The summed E-state index contributed by atoms with van der Waals surface area (Å²) in [5.74, 6) is -1.55. The number of benzene rings is 1. The van der Waals surface area contributed by atoms with Gasteiger partial charge in [-0.05, 0) is 18.6 Å². The van der Waals surface area contributed by atoms with Crippen molar-refractivity contribution < 1.29 is 19.8 Å². The third-order valence-corrected chi connectivity index (χ3v) is 2.24. The summed E-state index contributed by atoms with van der Waals surface area (Å²) in [6, 6.07) is 5.33. The monoisotopic (exact) mass is 253 g/mol. The summed E-state index contributed by atoms with van der Waals surface area (Å²) in [7, 11) is 0. The fourth-order valence-electron chi connectivity index (χ4n) is 1.19. The first kappa shape index (κ1) is 13.8. The Bertz CT molecular complexity index is 436. The molecule has 1 rings (SSSR count). The van der Waals surface area contributed by atoms with Gasteiger partial charge >= 0.3 is 5.97 Å². The molecule has 1 amide bonds. The Balaban J connectivity index is 2.34. The standard InChI is InChI=1S/C11H15N3O4/c12-7(11(17)18)5-6-10(16)14-13-8-3-1-2-4-9(8)15/h1-4,7,13,15H,5-6,12H2,(H,14,16)(H,17,18)/t7-/m0/s1. The Morgan fingerprint density at radius 3 is 2.61 bits per heavy atom. The number of hydrogen-bond acceptors (Lipinski definition) is 5. The molecule has 0 aliphatic carbocycles. The van der Waals surface area contributed by atoms with Crippen LogP contribution in [0.1, 0.15) is 12.8 Å². The van der Waals surface area contributed by atoms with E-state index in [1.54, 1.807) is 18.2 Å². The summed E-state index contributed by atoms with van der Waals surface area (Å²) < 4.78 is 0. The van der Waals surface area contributed by atoms with Gasteiger partial charge in [0.2, 0.25) is 5.91 Å². The molecule has 0 unspecified atom stereocenters. The van der Waals surface area contributed by atoms with Crippen molar-refractivity contribution in [3.05, 3.63) is 24.3 Å². The zero-order valence-corrected chi connectivity index (χ0v) is 9.59. The highest BCUT2D eigenvalue weighted by atomic mass is 16.4. The minimum Gasteiger partial charge on any atom is -0.506 e. The third kappa shape index (κ3) is 4.30. The molecule has 0 saturated heterocycles. The van der Waals surface area contributed by atoms with E-state index in [0.29, 0.717) is 5.69 Å². The number of para-hydroxylation sites is 2. The summed E-state index contributed by atoms with van der Waals surface area (Å²) in [6.07, 6.45) is 0.0255. The highest BCUT2D eigenvalue weighted by Crippen LogP contribution is 2.20. The van der Waals surface area contributed by atoms with E-state index in [1.807, 2.05) is 0 Å². The quantitative estimate of drug-likeness (QED) is 0.360. The first-order valence-electron chi connectivity index (χ1n) is 5.32. The van der Waals surface area contributed by atoms with Gasteiger partial charge in [-0.2, -0.15) is 0 Å². The number of phenolic OH excluding ortho intramolecular Hbond substituents is 1. The maximum absolute atomic E-state index is 11.4. The molecule has 7 heteroatoms. The van der Waals surface area contributed by atoms with Gasteiger partial charge in [-0.25, -0.2) is 0 Å². The van der Waals surface area contributed by atoms with Crippen molar-refractivity contribution in [1.29, 1.82) is 0 Å². The lowest BCUT2D eigenvalue weighted by molar-refractivity contribution is -0.138. The molecule has 0 heterocycles. The molecule has 98 valence electrons. The topological polar surface area (TPSA) is 125 Å². The minimum absolute atomic E-state index is 0.0000346. The first-order chi connectivity index (χ1) is 8.50. The van der Waals surface area contributed by atoms with Crippen LogP contribution in [0.3, 0.4) is 0 Å². The number of aliphatic carboxylic acids is 1. The molecule has 0 aliphatic heterocycles. The molecule has 0 bridgehead atoms. The Morgan fingerprint density at radius 2 is 2.00 bits per heavy atom. The smallest absolute Gasteiger partial charge is 0.320 e. The summed E-state index contributed by atoms with van der Waals surface area (Å²) in [5.41, 5.74) is 10.5. The molecule has 1 atom stereocenters. The van der Waals surface area contributed by atoms with Gasteiger partial charge in [-0.1, -0.05) is 12.1 Å². The number of phenols is 1. The van der Waals surface area contributed by atoms with Crippen molar-refractivity contribution in [1.82, 2.24) is 5.43 Å². The predicted molar refractivity (Wildman–Crippen MR) is 64.7 cm³/mol. The van der Waals surface area contributed by atoms with E-state index in [1.165, 1.54) is 6.07 Å². The zero-order valence-electron chi connectivity index (χ0n) is 9.59. The van der Waals surface area contributed by atoms with Crippen molar-refractivity contribution in [3.8, 4) is 5.75 Å². The van der Waals surface area contributed by atoms with E-state index >= 15 is 0 Å². The normalized spacial score (nSPS) is 11.6. The molecule has 0 fully saturated rings. The minimum atomic E-state index is -1.14. The van der Waals surface area contributed by atoms with Crippen LogP contribution in [-0.2, 0) is 9.59 Å². The van der Waals surface area contributed by atoms with Crippen LogP contribution in [0.2, 0.25) is 0 Å². The highest BCUT2D eigenvalue weighted by molar-refractivity contribution is 5.79. The predicted octanol–water partition coefficient (Wildman–Crippen LogP) is 0.0274. The average Bonchev–Trinajstić information content (AvgIpc) is 2.34. The highest BCUT2D eigenvalue weighted by Gasteiger charge is 2.13. The average molecular weight is 253 g/mol. The lowest BCUT2D eigenvalue weighted by Crippen LogP contribution is -2.34. The fourth-order valence-corrected chi connectivity index (χ4v) is 1.19. The van der Waals surface area contributed by atoms with Crippen LogP contribution in [0, 0.1) is 0 Å². The van der Waals surface area contributed by atoms with Crippen LogP contribution >= 0.6 is 0 Å². The van der Waals surface area contributed by atoms with Crippen molar-refractivity contribution in [2.24, 2.45) is 5.73 Å². The Kier molecular flexibility index (Phi) is 4.94. The van der Waals surface area contributed by atoms with E-state index in [4.69, 9.17) is 10.8 Å². The largest absolute Gasteiger partial charge is 0.506 e. The molecular weight excluding hydrogens is 238 g/mol. The molecular formula is C11H15N3O4. The van der Waals surface area contributed by atoms with E-state index in [0.717, 1.165) is 0 Å². The van der Waals surface area contributed by atoms with Crippen molar-refractivity contribution >= 4 is 17.6 Å². The molecule has 6 N–H and O–H groups in total. The van der Waals surface area contributed by atoms with Gasteiger partial charge in [0.1, 0.15) is 11.8 Å². The molecule has 0 aliphatic rings. The van der Waals surface area contributed by atoms with Gasteiger partial charge < -0.3 is 15.9 Å². The molecule has 0 spiro atoms. The van der Waals surface area contributed by atoms with Crippen LogP contribution in [0.15, 0.2) is 24.3 Å². The molecule has 18 heavy (non-hydrogen) atoms. The number of hydrazine groups is 1. The number of carboxylic acid groups (broad SMARTS) is 1. The number of amides is 1. The molecule has 0 aromatic heterocycles. The van der Waals surface area contributed by atoms with E-state index in [-0.39, 0.29) is 18.6 Å². The maximum atomic E-state index is 11.4. The van der Waals surface area contributed by atoms with Gasteiger partial charge in [0.25, 0.3) is 0 Å². The van der Waals surface area contributed by atoms with E-state index in [2.05, 4.69) is 10.9 Å². The van der Waals surface area contributed by atoms with Crippen LogP contribution in [0.5, 0.6) is 5.75 Å². The molecule has 0 radical (unpaired) electrons. The number of anilines is 1. The zero-order chi connectivity index (χ0) is 13.5. The van der Waals surface area contributed by atoms with Crippen LogP contribution < -0.4 is 16.6 Å². The van der Waals surface area contributed by atoms with E-state index < -0.39 is 17.9 Å². The molecule has 0 saturated carbocycles. The van der Waals surface area contributed by atoms with Crippen LogP contribution in [0.4, 0.5) is 5.69 Å². The number of carboxylic acids is 1. The summed E-state index contributed by atoms with van der Waals surface area (Å²) in [4.78, 5) is 21.8. The molecule has 7 nitrogen and oxygen atoms in total. The number of nitrogens with two attached hydrogens (primary N) is 1. The number of hydrogen-bond donors (Lipinski definition) is 5. The number of carbonyl (C=O) groups excluding carboxylic acids is 1. The SMILES string of the molecule is N[C@@H](CCC(=O)NNc1ccccc1O)C(=O)O. The Labute approximate surface area is 104 Å². The number of carbonyl (C=O) groups is 2. The van der Waals surface area contributed by atoms with Gasteiger partial charge in [0.05, 0.1) is 5.69 Å². The third-order valence-electron chi connectivity index (χ3n) is 2.24. The Hall–Kier alpha value is -2.28. The van der Waals surface area contributed by atoms with Gasteiger partial charge in [0, 0.05) is 6.42 Å². The Morgan fingerprint density at radius 1 is 1.33 bits per heavy atom. The fraction of sp³-hybridized carbons (Fsp3) is 0.273. The lowest BCUT2D eigenvalue weighted by Gasteiger charge is -2.10. The van der Waals surface area contributed by atoms with Crippen molar-refractivity contribution in [2.45, 2.75) is 18.9 Å². The second kappa shape index (κ2) is 6.45. The summed E-state index contributed by atoms with van der Waals surface area (Å²) in [5, 5.41) is 17.9. The first-order valence-corrected chi connectivity index (χ1v) is 5.32. The summed E-state index contributed by atoms with van der Waals surface area (Å²) >= 11 is 0. The second-order valence-corrected chi connectivity index (χ2v) is 3.67. The number of rotatable bonds is 6.